The molecule has 2 aliphatic carbocycles. The Morgan fingerprint density at radius 2 is 1.85 bits per heavy atom. The third-order valence-corrected chi connectivity index (χ3v) is 7.55. The van der Waals surface area contributed by atoms with Gasteiger partial charge in [0.25, 0.3) is 0 Å². The molecule has 2 bridgehead atoms. The lowest BCUT2D eigenvalue weighted by Crippen LogP contribution is -2.54. The third kappa shape index (κ3) is 2.59. The van der Waals surface area contributed by atoms with E-state index in [1.165, 1.54) is 12.1 Å². The summed E-state index contributed by atoms with van der Waals surface area (Å²) >= 11 is 0. The van der Waals surface area contributed by atoms with E-state index in [0.29, 0.717) is 18.9 Å². The van der Waals surface area contributed by atoms with E-state index in [4.69, 9.17) is 0 Å². The van der Waals surface area contributed by atoms with Gasteiger partial charge in [0.05, 0.1) is 11.5 Å². The molecule has 1 aliphatic heterocycles. The van der Waals surface area contributed by atoms with Crippen molar-refractivity contribution in [2.75, 3.05) is 37.6 Å². The highest BCUT2D eigenvalue weighted by atomic mass is 19.1. The standard InChI is InChI=1S/C21H29FN2O2/c1-20(2)15-7-8-21(20,18(25)13-15)19(26)14-23-9-11-24(12-10-23)17-5-3-16(22)4-6-17/h3-6,15,19,26H,7-14H2,1-2H3/t15-,19+,21+/m1/s1. The van der Waals surface area contributed by atoms with E-state index >= 15 is 0 Å². The minimum absolute atomic E-state index is 0.0978. The summed E-state index contributed by atoms with van der Waals surface area (Å²) in [6.45, 7) is 8.32. The fourth-order valence-corrected chi connectivity index (χ4v) is 5.73. The number of benzene rings is 1. The van der Waals surface area contributed by atoms with Gasteiger partial charge in [-0.3, -0.25) is 9.69 Å². The van der Waals surface area contributed by atoms with E-state index in [9.17, 15) is 14.3 Å². The van der Waals surface area contributed by atoms with Gasteiger partial charge < -0.3 is 10.0 Å². The molecule has 0 radical (unpaired) electrons. The van der Waals surface area contributed by atoms with Crippen LogP contribution in [0.5, 0.6) is 0 Å². The topological polar surface area (TPSA) is 43.8 Å². The smallest absolute Gasteiger partial charge is 0.142 e. The molecule has 4 rings (SSSR count). The maximum Gasteiger partial charge on any atom is 0.142 e. The first-order valence-corrected chi connectivity index (χ1v) is 9.79. The molecule has 0 amide bonds. The molecule has 26 heavy (non-hydrogen) atoms. The van der Waals surface area contributed by atoms with Crippen LogP contribution in [0.1, 0.15) is 33.1 Å². The van der Waals surface area contributed by atoms with Crippen molar-refractivity contribution in [2.24, 2.45) is 16.7 Å². The van der Waals surface area contributed by atoms with Gasteiger partial charge in [0.1, 0.15) is 11.6 Å². The van der Waals surface area contributed by atoms with E-state index in [1.54, 1.807) is 0 Å². The van der Waals surface area contributed by atoms with Gasteiger partial charge in [-0.15, -0.1) is 0 Å². The van der Waals surface area contributed by atoms with Crippen molar-refractivity contribution >= 4 is 11.5 Å². The molecule has 1 N–H and O–H groups in total. The largest absolute Gasteiger partial charge is 0.391 e. The van der Waals surface area contributed by atoms with Crippen LogP contribution >= 0.6 is 0 Å². The average molecular weight is 360 g/mol. The quantitative estimate of drug-likeness (QED) is 0.897. The van der Waals surface area contributed by atoms with Crippen molar-refractivity contribution in [3.8, 4) is 0 Å². The lowest BCUT2D eigenvalue weighted by atomic mass is 9.65. The number of aliphatic hydroxyl groups excluding tert-OH is 1. The second-order valence-corrected chi connectivity index (χ2v) is 8.84. The number of carbonyl (C=O) groups excluding carboxylic acids is 1. The van der Waals surface area contributed by atoms with Crippen molar-refractivity contribution < 1.29 is 14.3 Å². The molecule has 1 aromatic rings. The summed E-state index contributed by atoms with van der Waals surface area (Å²) in [7, 11) is 0. The van der Waals surface area contributed by atoms with Crippen LogP contribution < -0.4 is 4.90 Å². The van der Waals surface area contributed by atoms with Gasteiger partial charge in [-0.25, -0.2) is 4.39 Å². The van der Waals surface area contributed by atoms with Crippen LogP contribution in [-0.2, 0) is 4.79 Å². The number of hydrogen-bond donors (Lipinski definition) is 1. The monoisotopic (exact) mass is 360 g/mol. The predicted octanol–water partition coefficient (Wildman–Crippen LogP) is 2.70. The van der Waals surface area contributed by atoms with Gasteiger partial charge >= 0.3 is 0 Å². The molecule has 5 heteroatoms. The summed E-state index contributed by atoms with van der Waals surface area (Å²) < 4.78 is 13.1. The van der Waals surface area contributed by atoms with Gasteiger partial charge in [-0.2, -0.15) is 0 Å². The molecule has 142 valence electrons. The number of rotatable bonds is 4. The Morgan fingerprint density at radius 1 is 1.19 bits per heavy atom. The number of Topliss-reactive ketones (excluding diaryl/α,β-unsaturated/α-hetero) is 1. The summed E-state index contributed by atoms with van der Waals surface area (Å²) in [4.78, 5) is 17.2. The van der Waals surface area contributed by atoms with Crippen LogP contribution in [0.4, 0.5) is 10.1 Å². The van der Waals surface area contributed by atoms with Crippen LogP contribution in [0.3, 0.4) is 0 Å². The number of aliphatic hydroxyl groups is 1. The van der Waals surface area contributed by atoms with Crippen molar-refractivity contribution in [3.63, 3.8) is 0 Å². The number of piperazine rings is 1. The highest BCUT2D eigenvalue weighted by Gasteiger charge is 2.67. The van der Waals surface area contributed by atoms with E-state index < -0.39 is 11.5 Å². The number of anilines is 1. The first-order chi connectivity index (χ1) is 12.3. The first-order valence-electron chi connectivity index (χ1n) is 9.79. The third-order valence-electron chi connectivity index (χ3n) is 7.55. The molecule has 4 nitrogen and oxygen atoms in total. The molecule has 0 aromatic heterocycles. The maximum absolute atomic E-state index is 13.1. The van der Waals surface area contributed by atoms with Gasteiger partial charge in [0.15, 0.2) is 0 Å². The number of β-amino-alcohol motifs (C(OH)–C–C–N with tert-alkyl or cyclic N) is 1. The molecule has 0 spiro atoms. The molecular formula is C21H29FN2O2. The van der Waals surface area contributed by atoms with Crippen molar-refractivity contribution in [1.82, 2.24) is 4.90 Å². The lowest BCUT2D eigenvalue weighted by molar-refractivity contribution is -0.140. The fourth-order valence-electron chi connectivity index (χ4n) is 5.73. The lowest BCUT2D eigenvalue weighted by Gasteiger charge is -2.44. The highest BCUT2D eigenvalue weighted by Crippen LogP contribution is 2.65. The number of fused-ring (bicyclic) bond motifs is 2. The van der Waals surface area contributed by atoms with Crippen molar-refractivity contribution in [2.45, 2.75) is 39.2 Å². The van der Waals surface area contributed by atoms with E-state index in [0.717, 1.165) is 44.7 Å². The Labute approximate surface area is 155 Å². The average Bonchev–Trinajstić information content (AvgIpc) is 2.99. The van der Waals surface area contributed by atoms with Gasteiger partial charge in [-0.05, 0) is 48.4 Å². The molecule has 1 heterocycles. The minimum atomic E-state index is -0.588. The van der Waals surface area contributed by atoms with Gasteiger partial charge in [-0.1, -0.05) is 13.8 Å². The Hall–Kier alpha value is -1.46. The summed E-state index contributed by atoms with van der Waals surface area (Å²) in [6.07, 6.45) is 1.95. The van der Waals surface area contributed by atoms with Crippen LogP contribution in [0.2, 0.25) is 0 Å². The SMILES string of the molecule is CC1(C)[C@@H]2CC[C@@]1([C@@H](O)CN1CCN(c3ccc(F)cc3)CC1)C(=O)C2. The van der Waals surface area contributed by atoms with E-state index in [-0.39, 0.29) is 17.0 Å². The molecule has 3 aliphatic rings. The van der Waals surface area contributed by atoms with Gasteiger partial charge in [0, 0.05) is 44.8 Å². The number of halogens is 1. The number of carbonyl (C=O) groups is 1. The number of nitrogens with zero attached hydrogens (tertiary/aromatic N) is 2. The first kappa shape index (κ1) is 17.9. The second-order valence-electron chi connectivity index (χ2n) is 8.84. The molecule has 0 unspecified atom stereocenters. The zero-order valence-corrected chi connectivity index (χ0v) is 15.7. The van der Waals surface area contributed by atoms with Gasteiger partial charge in [0.2, 0.25) is 0 Å². The molecular weight excluding hydrogens is 331 g/mol. The number of hydrogen-bond acceptors (Lipinski definition) is 4. The van der Waals surface area contributed by atoms with Crippen LogP contribution in [0.25, 0.3) is 0 Å². The molecule has 2 saturated carbocycles. The summed E-state index contributed by atoms with van der Waals surface area (Å²) in [6, 6.07) is 6.62. The zero-order chi connectivity index (χ0) is 18.5. The molecule has 3 atom stereocenters. The summed E-state index contributed by atoms with van der Waals surface area (Å²) in [5, 5.41) is 11.1. The Morgan fingerprint density at radius 3 is 2.38 bits per heavy atom. The highest BCUT2D eigenvalue weighted by molar-refractivity contribution is 5.90. The zero-order valence-electron chi connectivity index (χ0n) is 15.7. The summed E-state index contributed by atoms with van der Waals surface area (Å²) in [5.74, 6) is 0.490. The van der Waals surface area contributed by atoms with Crippen molar-refractivity contribution in [3.05, 3.63) is 30.1 Å². The maximum atomic E-state index is 13.1. The van der Waals surface area contributed by atoms with E-state index in [2.05, 4.69) is 23.6 Å². The summed E-state index contributed by atoms with van der Waals surface area (Å²) in [5.41, 5.74) is 0.390. The molecule has 1 saturated heterocycles. The van der Waals surface area contributed by atoms with Crippen LogP contribution in [-0.4, -0.2) is 54.6 Å². The minimum Gasteiger partial charge on any atom is -0.391 e. The Bertz CT molecular complexity index is 682. The fraction of sp³-hybridized carbons (Fsp3) is 0.667. The Kier molecular flexibility index (Phi) is 4.35. The molecule has 3 fully saturated rings. The van der Waals surface area contributed by atoms with E-state index in [1.807, 2.05) is 12.1 Å². The Balaban J connectivity index is 1.39. The number of ketones is 1. The second kappa shape index (κ2) is 6.31. The van der Waals surface area contributed by atoms with Crippen LogP contribution in [0.15, 0.2) is 24.3 Å². The predicted molar refractivity (Wildman–Crippen MR) is 99.6 cm³/mol. The molecule has 1 aromatic carbocycles. The normalized spacial score (nSPS) is 32.2. The van der Waals surface area contributed by atoms with Crippen LogP contribution in [0, 0.1) is 22.6 Å². The van der Waals surface area contributed by atoms with Crippen molar-refractivity contribution in [1.29, 1.82) is 0 Å².